The molecule has 96 valence electrons. The number of hydrazine groups is 2. The van der Waals surface area contributed by atoms with Crippen molar-refractivity contribution in [1.29, 1.82) is 0 Å². The molecule has 0 aliphatic rings. The highest BCUT2D eigenvalue weighted by atomic mass is 16.5. The van der Waals surface area contributed by atoms with E-state index in [0.717, 1.165) is 32.2 Å². The number of hydrogen-bond acceptors (Lipinski definition) is 6. The van der Waals surface area contributed by atoms with Crippen LogP contribution in [0.5, 0.6) is 0 Å². The number of nitrogens with two attached hydrogens (primary N) is 2. The van der Waals surface area contributed by atoms with E-state index in [0.29, 0.717) is 13.1 Å². The summed E-state index contributed by atoms with van der Waals surface area (Å²) in [6.07, 6.45) is 3.81. The van der Waals surface area contributed by atoms with Crippen molar-refractivity contribution >= 4 is 6.09 Å². The molecule has 0 atom stereocenters. The van der Waals surface area contributed by atoms with Crippen LogP contribution in [0, 0.1) is 0 Å². The first-order chi connectivity index (χ1) is 7.81. The second-order valence-corrected chi connectivity index (χ2v) is 3.39. The predicted molar refractivity (Wildman–Crippen MR) is 62.2 cm³/mol. The van der Waals surface area contributed by atoms with Crippen LogP contribution < -0.4 is 27.9 Å². The van der Waals surface area contributed by atoms with Crippen molar-refractivity contribution in [3.05, 3.63) is 0 Å². The molecule has 0 unspecified atom stereocenters. The lowest BCUT2D eigenvalue weighted by atomic mass is 10.2. The number of rotatable bonds is 10. The maximum Gasteiger partial charge on any atom is 0.407 e. The summed E-state index contributed by atoms with van der Waals surface area (Å²) in [7, 11) is 0. The Bertz CT molecular complexity index is 168. The van der Waals surface area contributed by atoms with Crippen LogP contribution in [-0.2, 0) is 4.74 Å². The minimum atomic E-state index is -0.390. The van der Waals surface area contributed by atoms with Crippen LogP contribution in [0.3, 0.4) is 0 Å². The van der Waals surface area contributed by atoms with Gasteiger partial charge in [0.2, 0.25) is 0 Å². The lowest BCUT2D eigenvalue weighted by Gasteiger charge is -2.06. The average Bonchev–Trinajstić information content (AvgIpc) is 2.28. The van der Waals surface area contributed by atoms with Crippen molar-refractivity contribution in [3.63, 3.8) is 0 Å². The van der Waals surface area contributed by atoms with Crippen molar-refractivity contribution in [3.8, 4) is 0 Å². The van der Waals surface area contributed by atoms with E-state index in [9.17, 15) is 4.79 Å². The lowest BCUT2D eigenvalue weighted by Crippen LogP contribution is -2.31. The average molecular weight is 233 g/mol. The molecule has 16 heavy (non-hydrogen) atoms. The molecular weight excluding hydrogens is 210 g/mol. The number of ether oxygens (including phenoxy) is 1. The number of carbonyl (C=O) groups excluding carboxylic acids is 1. The fraction of sp³-hybridized carbons (Fsp3) is 0.889. The summed E-state index contributed by atoms with van der Waals surface area (Å²) < 4.78 is 4.81. The van der Waals surface area contributed by atoms with Crippen LogP contribution in [-0.4, -0.2) is 32.3 Å². The molecule has 1 amide bonds. The molecule has 7 nitrogen and oxygen atoms in total. The van der Waals surface area contributed by atoms with Gasteiger partial charge in [-0.25, -0.2) is 4.79 Å². The third-order valence-electron chi connectivity index (χ3n) is 2.00. The molecule has 0 aliphatic heterocycles. The number of hydrogen-bond donors (Lipinski definition) is 5. The van der Waals surface area contributed by atoms with Crippen molar-refractivity contribution < 1.29 is 9.53 Å². The maximum absolute atomic E-state index is 11.0. The van der Waals surface area contributed by atoms with Gasteiger partial charge in [0.25, 0.3) is 0 Å². The Morgan fingerprint density at radius 2 is 1.56 bits per heavy atom. The Hall–Kier alpha value is -0.890. The molecular formula is C9H23N5O2. The largest absolute Gasteiger partial charge is 0.448 e. The summed E-state index contributed by atoms with van der Waals surface area (Å²) in [5.74, 6) is 10.1. The van der Waals surface area contributed by atoms with Crippen LogP contribution >= 0.6 is 0 Å². The number of nitrogens with one attached hydrogen (secondary N) is 3. The SMILES string of the molecule is NNCCCCCCNC(=O)OCCNN. The van der Waals surface area contributed by atoms with Gasteiger partial charge >= 0.3 is 6.09 Å². The summed E-state index contributed by atoms with van der Waals surface area (Å²) in [5, 5.41) is 2.66. The highest BCUT2D eigenvalue weighted by Gasteiger charge is 1.99. The number of unbranched alkanes of at least 4 members (excludes halogenated alkanes) is 3. The zero-order valence-electron chi connectivity index (χ0n) is 9.63. The maximum atomic E-state index is 11.0. The van der Waals surface area contributed by atoms with Gasteiger partial charge in [0, 0.05) is 19.6 Å². The highest BCUT2D eigenvalue weighted by molar-refractivity contribution is 5.66. The number of carbonyl (C=O) groups is 1. The van der Waals surface area contributed by atoms with Crippen molar-refractivity contribution in [2.24, 2.45) is 11.7 Å². The van der Waals surface area contributed by atoms with E-state index in [2.05, 4.69) is 16.2 Å². The van der Waals surface area contributed by atoms with E-state index in [1.165, 1.54) is 0 Å². The van der Waals surface area contributed by atoms with Gasteiger partial charge in [0.05, 0.1) is 0 Å². The number of amides is 1. The summed E-state index contributed by atoms with van der Waals surface area (Å²) in [6, 6.07) is 0. The molecule has 0 fully saturated rings. The van der Waals surface area contributed by atoms with Crippen LogP contribution in [0.2, 0.25) is 0 Å². The Labute approximate surface area is 96.2 Å². The van der Waals surface area contributed by atoms with Crippen LogP contribution in [0.4, 0.5) is 4.79 Å². The molecule has 0 aromatic carbocycles. The molecule has 7 heteroatoms. The first kappa shape index (κ1) is 15.1. The molecule has 0 aliphatic carbocycles. The van der Waals surface area contributed by atoms with Gasteiger partial charge in [-0.3, -0.25) is 22.5 Å². The van der Waals surface area contributed by atoms with Gasteiger partial charge in [-0.15, -0.1) is 0 Å². The van der Waals surface area contributed by atoms with Gasteiger partial charge in [-0.1, -0.05) is 12.8 Å². The molecule has 0 saturated carbocycles. The monoisotopic (exact) mass is 233 g/mol. The Balaban J connectivity index is 3.09. The minimum absolute atomic E-state index is 0.282. The third-order valence-corrected chi connectivity index (χ3v) is 2.00. The molecule has 0 rings (SSSR count). The fourth-order valence-corrected chi connectivity index (χ4v) is 1.15. The Kier molecular flexibility index (Phi) is 11.5. The number of alkyl carbamates (subject to hydrolysis) is 1. The second kappa shape index (κ2) is 12.2. The van der Waals surface area contributed by atoms with Gasteiger partial charge in [-0.2, -0.15) is 0 Å². The normalized spacial score (nSPS) is 10.1. The van der Waals surface area contributed by atoms with E-state index in [1.807, 2.05) is 0 Å². The van der Waals surface area contributed by atoms with E-state index >= 15 is 0 Å². The first-order valence-corrected chi connectivity index (χ1v) is 5.58. The van der Waals surface area contributed by atoms with E-state index in [4.69, 9.17) is 16.4 Å². The zero-order chi connectivity index (χ0) is 12.1. The zero-order valence-corrected chi connectivity index (χ0v) is 9.63. The molecule has 0 radical (unpaired) electrons. The summed E-state index contributed by atoms with van der Waals surface area (Å²) in [5.41, 5.74) is 5.00. The van der Waals surface area contributed by atoms with Gasteiger partial charge < -0.3 is 10.1 Å². The van der Waals surface area contributed by atoms with Crippen LogP contribution in [0.25, 0.3) is 0 Å². The lowest BCUT2D eigenvalue weighted by molar-refractivity contribution is 0.146. The fourth-order valence-electron chi connectivity index (χ4n) is 1.15. The topological polar surface area (TPSA) is 114 Å². The van der Waals surface area contributed by atoms with Gasteiger partial charge in [-0.05, 0) is 12.8 Å². The highest BCUT2D eigenvalue weighted by Crippen LogP contribution is 1.97. The van der Waals surface area contributed by atoms with Crippen LogP contribution in [0.1, 0.15) is 25.7 Å². The molecule has 7 N–H and O–H groups in total. The van der Waals surface area contributed by atoms with Crippen molar-refractivity contribution in [1.82, 2.24) is 16.2 Å². The molecule has 0 aromatic rings. The van der Waals surface area contributed by atoms with E-state index in [-0.39, 0.29) is 12.7 Å². The van der Waals surface area contributed by atoms with E-state index in [1.54, 1.807) is 0 Å². The summed E-state index contributed by atoms with van der Waals surface area (Å²) >= 11 is 0. The van der Waals surface area contributed by atoms with E-state index < -0.39 is 0 Å². The third kappa shape index (κ3) is 11.2. The molecule has 0 bridgehead atoms. The van der Waals surface area contributed by atoms with Crippen molar-refractivity contribution in [2.75, 3.05) is 26.2 Å². The standard InChI is InChI=1S/C9H23N5O2/c10-13-6-4-2-1-3-5-12-9(15)16-8-7-14-11/h13-14H,1-8,10-11H2,(H,12,15). The molecule has 0 heterocycles. The quantitative estimate of drug-likeness (QED) is 0.192. The smallest absolute Gasteiger partial charge is 0.407 e. The second-order valence-electron chi connectivity index (χ2n) is 3.39. The van der Waals surface area contributed by atoms with Gasteiger partial charge in [0.1, 0.15) is 6.61 Å². The summed E-state index contributed by atoms with van der Waals surface area (Å²) in [4.78, 5) is 11.0. The molecule has 0 aromatic heterocycles. The summed E-state index contributed by atoms with van der Waals surface area (Å²) in [6.45, 7) is 2.22. The molecule has 0 saturated heterocycles. The minimum Gasteiger partial charge on any atom is -0.448 e. The Morgan fingerprint density at radius 1 is 0.938 bits per heavy atom. The predicted octanol–water partition coefficient (Wildman–Crippen LogP) is -0.800. The Morgan fingerprint density at radius 3 is 2.19 bits per heavy atom. The van der Waals surface area contributed by atoms with Crippen LogP contribution in [0.15, 0.2) is 0 Å². The first-order valence-electron chi connectivity index (χ1n) is 5.58. The van der Waals surface area contributed by atoms with Crippen molar-refractivity contribution in [2.45, 2.75) is 25.7 Å². The molecule has 0 spiro atoms. The van der Waals surface area contributed by atoms with Gasteiger partial charge in [0.15, 0.2) is 0 Å².